The van der Waals surface area contributed by atoms with Crippen LogP contribution in [-0.4, -0.2) is 70.9 Å². The van der Waals surface area contributed by atoms with Gasteiger partial charge in [-0.15, -0.1) is 0 Å². The van der Waals surface area contributed by atoms with Gasteiger partial charge in [0.25, 0.3) is 0 Å². The predicted molar refractivity (Wildman–Crippen MR) is 101 cm³/mol. The Morgan fingerprint density at radius 3 is 2.78 bits per heavy atom. The molecule has 0 saturated carbocycles. The molecule has 8 heteroatoms. The van der Waals surface area contributed by atoms with E-state index in [4.69, 9.17) is 4.74 Å². The Morgan fingerprint density at radius 1 is 1.33 bits per heavy atom. The molecule has 0 spiro atoms. The molecule has 2 amide bonds. The van der Waals surface area contributed by atoms with Crippen LogP contribution in [0.2, 0.25) is 0 Å². The molecule has 0 aliphatic carbocycles. The highest BCUT2D eigenvalue weighted by Gasteiger charge is 2.41. The van der Waals surface area contributed by atoms with E-state index in [-0.39, 0.29) is 23.9 Å². The maximum atomic E-state index is 12.5. The van der Waals surface area contributed by atoms with Crippen LogP contribution >= 0.6 is 0 Å². The molecule has 8 nitrogen and oxygen atoms in total. The maximum Gasteiger partial charge on any atom is 0.237 e. The Hall–Kier alpha value is -1.93. The molecular weight excluding hydrogens is 346 g/mol. The first-order valence-electron chi connectivity index (χ1n) is 9.96. The Kier molecular flexibility index (Phi) is 6.84. The number of likely N-dealkylation sites (N-methyl/N-ethyl adjacent to an activating group) is 1. The van der Waals surface area contributed by atoms with E-state index in [2.05, 4.69) is 20.6 Å². The number of nitrogens with zero attached hydrogens (tertiary/aromatic N) is 3. The fourth-order valence-electron chi connectivity index (χ4n) is 4.04. The lowest BCUT2D eigenvalue weighted by Crippen LogP contribution is -2.49. The molecule has 0 bridgehead atoms. The number of aromatic nitrogens is 2. The minimum atomic E-state index is -0.174. The maximum absolute atomic E-state index is 12.5. The monoisotopic (exact) mass is 377 g/mol. The summed E-state index contributed by atoms with van der Waals surface area (Å²) in [5.41, 5.74) is 1.09. The van der Waals surface area contributed by atoms with E-state index in [0.29, 0.717) is 32.0 Å². The van der Waals surface area contributed by atoms with Crippen molar-refractivity contribution >= 4 is 11.8 Å². The van der Waals surface area contributed by atoms with Gasteiger partial charge in [-0.3, -0.25) is 19.2 Å². The summed E-state index contributed by atoms with van der Waals surface area (Å²) in [7, 11) is 0. The lowest BCUT2D eigenvalue weighted by molar-refractivity contribution is -0.127. The van der Waals surface area contributed by atoms with Gasteiger partial charge in [0.15, 0.2) is 0 Å². The number of aryl methyl sites for hydroxylation is 2. The average Bonchev–Trinajstić information content (AvgIpc) is 3.27. The van der Waals surface area contributed by atoms with Crippen LogP contribution in [0.5, 0.6) is 0 Å². The highest BCUT2D eigenvalue weighted by atomic mass is 16.5. The summed E-state index contributed by atoms with van der Waals surface area (Å²) in [6, 6.07) is 0.180. The zero-order valence-electron chi connectivity index (χ0n) is 16.3. The van der Waals surface area contributed by atoms with Crippen LogP contribution in [0.1, 0.15) is 38.2 Å². The first kappa shape index (κ1) is 19.8. The highest BCUT2D eigenvalue weighted by molar-refractivity contribution is 5.82. The quantitative estimate of drug-likeness (QED) is 0.721. The van der Waals surface area contributed by atoms with Gasteiger partial charge in [0.1, 0.15) is 0 Å². The first-order valence-corrected chi connectivity index (χ1v) is 9.96. The van der Waals surface area contributed by atoms with Crippen LogP contribution < -0.4 is 10.6 Å². The number of ether oxygens (including phenoxy) is 1. The van der Waals surface area contributed by atoms with Crippen molar-refractivity contribution in [2.45, 2.75) is 64.2 Å². The molecule has 2 aliphatic rings. The number of rotatable bonds is 7. The van der Waals surface area contributed by atoms with Crippen molar-refractivity contribution in [2.75, 3.05) is 26.3 Å². The molecule has 2 saturated heterocycles. The second-order valence-electron chi connectivity index (χ2n) is 7.48. The normalized spacial score (nSPS) is 24.1. The van der Waals surface area contributed by atoms with Crippen molar-refractivity contribution in [3.63, 3.8) is 0 Å². The van der Waals surface area contributed by atoms with E-state index in [1.165, 1.54) is 0 Å². The van der Waals surface area contributed by atoms with Crippen molar-refractivity contribution in [3.05, 3.63) is 18.0 Å². The summed E-state index contributed by atoms with van der Waals surface area (Å²) in [6.07, 6.45) is 6.65. The van der Waals surface area contributed by atoms with Gasteiger partial charge in [-0.25, -0.2) is 0 Å². The van der Waals surface area contributed by atoms with E-state index < -0.39 is 0 Å². The average molecular weight is 377 g/mol. The van der Waals surface area contributed by atoms with Crippen molar-refractivity contribution in [2.24, 2.45) is 0 Å². The van der Waals surface area contributed by atoms with Gasteiger partial charge in [0, 0.05) is 57.5 Å². The fraction of sp³-hybridized carbons (Fsp3) is 0.737. The molecule has 0 radical (unpaired) electrons. The Labute approximate surface area is 160 Å². The smallest absolute Gasteiger partial charge is 0.237 e. The molecule has 3 rings (SSSR count). The zero-order valence-corrected chi connectivity index (χ0v) is 16.3. The SMILES string of the molecule is CCNC(=O)C1CC(NC(=O)CCn2cc(C)cn2)CN1C1CCOCC1. The van der Waals surface area contributed by atoms with Crippen molar-refractivity contribution in [3.8, 4) is 0 Å². The molecular formula is C19H31N5O3. The summed E-state index contributed by atoms with van der Waals surface area (Å²) in [5.74, 6) is 0.0735. The molecule has 1 aromatic heterocycles. The molecule has 27 heavy (non-hydrogen) atoms. The summed E-state index contributed by atoms with van der Waals surface area (Å²) in [6.45, 7) is 7.30. The van der Waals surface area contributed by atoms with Crippen molar-refractivity contribution < 1.29 is 14.3 Å². The molecule has 2 N–H and O–H groups in total. The van der Waals surface area contributed by atoms with Crippen LogP contribution in [0, 0.1) is 6.92 Å². The van der Waals surface area contributed by atoms with E-state index in [1.807, 2.05) is 20.0 Å². The van der Waals surface area contributed by atoms with Crippen LogP contribution in [0.15, 0.2) is 12.4 Å². The standard InChI is InChI=1S/C19H31N5O3/c1-3-20-19(26)17-10-15(13-24(17)16-5-8-27-9-6-16)22-18(25)4-7-23-12-14(2)11-21-23/h11-12,15-17H,3-10,13H2,1-2H3,(H,20,26)(H,22,25). The fourth-order valence-corrected chi connectivity index (χ4v) is 4.04. The third-order valence-corrected chi connectivity index (χ3v) is 5.35. The van der Waals surface area contributed by atoms with Crippen LogP contribution in [0.25, 0.3) is 0 Å². The van der Waals surface area contributed by atoms with Gasteiger partial charge < -0.3 is 15.4 Å². The number of carbonyl (C=O) groups is 2. The minimum Gasteiger partial charge on any atom is -0.381 e. The zero-order chi connectivity index (χ0) is 19.2. The van der Waals surface area contributed by atoms with Gasteiger partial charge in [0.2, 0.25) is 11.8 Å². The van der Waals surface area contributed by atoms with E-state index >= 15 is 0 Å². The molecule has 2 atom stereocenters. The molecule has 2 unspecified atom stereocenters. The summed E-state index contributed by atoms with van der Waals surface area (Å²) in [4.78, 5) is 27.2. The Balaban J connectivity index is 1.55. The van der Waals surface area contributed by atoms with Crippen LogP contribution in [0.4, 0.5) is 0 Å². The lowest BCUT2D eigenvalue weighted by Gasteiger charge is -2.34. The Bertz CT molecular complexity index is 641. The number of amides is 2. The predicted octanol–water partition coefficient (Wildman–Crippen LogP) is 0.456. The van der Waals surface area contributed by atoms with Gasteiger partial charge in [0.05, 0.1) is 12.2 Å². The largest absolute Gasteiger partial charge is 0.381 e. The first-order chi connectivity index (χ1) is 13.1. The lowest BCUT2D eigenvalue weighted by atomic mass is 10.1. The molecule has 0 aromatic carbocycles. The third-order valence-electron chi connectivity index (χ3n) is 5.35. The molecule has 1 aromatic rings. The third kappa shape index (κ3) is 5.29. The molecule has 2 fully saturated rings. The van der Waals surface area contributed by atoms with Gasteiger partial charge in [-0.2, -0.15) is 5.10 Å². The topological polar surface area (TPSA) is 88.5 Å². The minimum absolute atomic E-state index is 0.00677. The number of likely N-dealkylation sites (tertiary alicyclic amines) is 1. The number of carbonyl (C=O) groups excluding carboxylic acids is 2. The van der Waals surface area contributed by atoms with Crippen LogP contribution in [-0.2, 0) is 20.9 Å². The van der Waals surface area contributed by atoms with Crippen LogP contribution in [0.3, 0.4) is 0 Å². The second kappa shape index (κ2) is 9.32. The molecule has 2 aliphatic heterocycles. The van der Waals surface area contributed by atoms with E-state index in [1.54, 1.807) is 10.9 Å². The summed E-state index contributed by atoms with van der Waals surface area (Å²) >= 11 is 0. The summed E-state index contributed by atoms with van der Waals surface area (Å²) in [5, 5.41) is 10.3. The van der Waals surface area contributed by atoms with Crippen molar-refractivity contribution in [1.29, 1.82) is 0 Å². The summed E-state index contributed by atoms with van der Waals surface area (Å²) < 4.78 is 7.25. The number of hydrogen-bond donors (Lipinski definition) is 2. The van der Waals surface area contributed by atoms with Gasteiger partial charge in [-0.1, -0.05) is 0 Å². The van der Waals surface area contributed by atoms with E-state index in [9.17, 15) is 9.59 Å². The van der Waals surface area contributed by atoms with Gasteiger partial charge in [-0.05, 0) is 38.7 Å². The van der Waals surface area contributed by atoms with Gasteiger partial charge >= 0.3 is 0 Å². The van der Waals surface area contributed by atoms with E-state index in [0.717, 1.165) is 38.2 Å². The highest BCUT2D eigenvalue weighted by Crippen LogP contribution is 2.26. The molecule has 150 valence electrons. The molecule has 3 heterocycles. The number of nitrogens with one attached hydrogen (secondary N) is 2. The Morgan fingerprint density at radius 2 is 2.11 bits per heavy atom. The second-order valence-corrected chi connectivity index (χ2v) is 7.48. The number of hydrogen-bond acceptors (Lipinski definition) is 5. The van der Waals surface area contributed by atoms with Crippen molar-refractivity contribution in [1.82, 2.24) is 25.3 Å².